The maximum absolute atomic E-state index is 11.4. The maximum Gasteiger partial charge on any atom is 0.125 e. The molecule has 8 nitrogen and oxygen atoms in total. The summed E-state index contributed by atoms with van der Waals surface area (Å²) in [5.74, 6) is -3.42. The van der Waals surface area contributed by atoms with E-state index in [4.69, 9.17) is 0 Å². The van der Waals surface area contributed by atoms with Crippen molar-refractivity contribution in [3.63, 3.8) is 0 Å². The zero-order valence-electron chi connectivity index (χ0n) is 25.7. The molecule has 0 heterocycles. The van der Waals surface area contributed by atoms with Gasteiger partial charge in [0.05, 0.1) is 23.6 Å². The molecule has 0 unspecified atom stereocenters. The number of hydrogen-bond donors (Lipinski definition) is 6. The van der Waals surface area contributed by atoms with Gasteiger partial charge in [0, 0.05) is 70.0 Å². The minimum Gasteiger partial charge on any atom is -0.507 e. The number of aliphatic hydroxyl groups excluding tert-OH is 2. The zero-order chi connectivity index (χ0) is 33.4. The van der Waals surface area contributed by atoms with Crippen molar-refractivity contribution < 1.29 is 30.6 Å². The molecular formula is C40H34N2O6. The van der Waals surface area contributed by atoms with E-state index in [9.17, 15) is 30.6 Å². The monoisotopic (exact) mass is 638 g/mol. The van der Waals surface area contributed by atoms with Gasteiger partial charge in [0.2, 0.25) is 0 Å². The number of benzene rings is 6. The largest absolute Gasteiger partial charge is 0.507 e. The lowest BCUT2D eigenvalue weighted by atomic mass is 9.62. The Hall–Kier alpha value is -5.96. The zero-order valence-corrected chi connectivity index (χ0v) is 25.7. The van der Waals surface area contributed by atoms with E-state index in [-0.39, 0.29) is 34.1 Å². The first-order valence-corrected chi connectivity index (χ1v) is 15.6. The molecule has 6 aromatic rings. The van der Waals surface area contributed by atoms with Gasteiger partial charge in [0.15, 0.2) is 0 Å². The van der Waals surface area contributed by atoms with Gasteiger partial charge >= 0.3 is 0 Å². The first kappa shape index (κ1) is 30.7. The van der Waals surface area contributed by atoms with E-state index in [1.54, 1.807) is 0 Å². The fraction of sp³-hybridized carbons (Fsp3) is 0.100. The van der Waals surface area contributed by atoms with Crippen LogP contribution in [0.5, 0.6) is 23.0 Å². The third-order valence-electron chi connectivity index (χ3n) is 8.95. The van der Waals surface area contributed by atoms with Gasteiger partial charge in [-0.1, -0.05) is 72.8 Å². The van der Waals surface area contributed by atoms with Crippen LogP contribution in [0, 0.1) is 0 Å². The Morgan fingerprint density at radius 3 is 0.792 bits per heavy atom. The highest BCUT2D eigenvalue weighted by molar-refractivity contribution is 5.80. The molecule has 0 aromatic heterocycles. The van der Waals surface area contributed by atoms with Crippen molar-refractivity contribution in [3.05, 3.63) is 157 Å². The highest BCUT2D eigenvalue weighted by Gasteiger charge is 2.54. The number of aromatic hydroxyl groups is 4. The molecule has 1 saturated carbocycles. The van der Waals surface area contributed by atoms with Crippen LogP contribution in [0.25, 0.3) is 0 Å². The van der Waals surface area contributed by atoms with E-state index in [1.165, 1.54) is 24.3 Å². The molecule has 6 aromatic carbocycles. The van der Waals surface area contributed by atoms with Crippen molar-refractivity contribution in [1.82, 2.24) is 0 Å². The molecule has 0 amide bonds. The van der Waals surface area contributed by atoms with Crippen molar-refractivity contribution in [3.8, 4) is 23.0 Å². The second kappa shape index (κ2) is 12.7. The molecule has 1 fully saturated rings. The third kappa shape index (κ3) is 5.43. The third-order valence-corrected chi connectivity index (χ3v) is 8.95. The minimum atomic E-state index is -1.34. The van der Waals surface area contributed by atoms with E-state index >= 15 is 0 Å². The fourth-order valence-electron chi connectivity index (χ4n) is 6.75. The summed E-state index contributed by atoms with van der Waals surface area (Å²) in [6, 6.07) is 43.8. The van der Waals surface area contributed by atoms with E-state index in [2.05, 4.69) is 0 Å². The predicted molar refractivity (Wildman–Crippen MR) is 186 cm³/mol. The van der Waals surface area contributed by atoms with Crippen LogP contribution in [0.15, 0.2) is 146 Å². The molecule has 0 spiro atoms. The fourth-order valence-corrected chi connectivity index (χ4v) is 6.75. The molecule has 240 valence electrons. The highest BCUT2D eigenvalue weighted by Crippen LogP contribution is 2.57. The topological polar surface area (TPSA) is 128 Å². The first-order valence-electron chi connectivity index (χ1n) is 15.6. The summed E-state index contributed by atoms with van der Waals surface area (Å²) < 4.78 is 0. The lowest BCUT2D eigenvalue weighted by Crippen LogP contribution is -2.51. The van der Waals surface area contributed by atoms with Crippen LogP contribution in [-0.4, -0.2) is 42.8 Å². The highest BCUT2D eigenvalue weighted by atomic mass is 16.3. The predicted octanol–water partition coefficient (Wildman–Crippen LogP) is 8.05. The second-order valence-electron chi connectivity index (χ2n) is 11.8. The van der Waals surface area contributed by atoms with Gasteiger partial charge < -0.3 is 40.4 Å². The molecule has 0 atom stereocenters. The molecule has 8 heteroatoms. The molecule has 48 heavy (non-hydrogen) atoms. The summed E-state index contributed by atoms with van der Waals surface area (Å²) >= 11 is 0. The second-order valence-corrected chi connectivity index (χ2v) is 11.8. The molecule has 0 radical (unpaired) electrons. The standard InChI is InChI=1S/C40H34N2O6/c43-31-21-29(41(25-13-5-1-6-14-25)26-15-7-2-8-16-26)22-32(44)35(31)37-39(47)38(40(37)48)36-33(45)23-30(24-34(36)46)42(27-17-9-3-10-18-27)28-19-11-4-12-20-28/h1-24,37-40,43-48H. The van der Waals surface area contributed by atoms with E-state index < -0.39 is 24.0 Å². The Balaban J connectivity index is 1.21. The Labute approximate surface area is 277 Å². The number of aliphatic hydroxyl groups is 2. The molecule has 6 N–H and O–H groups in total. The van der Waals surface area contributed by atoms with Crippen LogP contribution in [0.1, 0.15) is 23.0 Å². The van der Waals surface area contributed by atoms with E-state index in [1.807, 2.05) is 131 Å². The first-order chi connectivity index (χ1) is 23.3. The average molecular weight is 639 g/mol. The van der Waals surface area contributed by atoms with Gasteiger partial charge in [0.25, 0.3) is 0 Å². The van der Waals surface area contributed by atoms with Crippen molar-refractivity contribution in [2.24, 2.45) is 0 Å². The number of hydrogen-bond acceptors (Lipinski definition) is 8. The van der Waals surface area contributed by atoms with Crippen LogP contribution in [0.2, 0.25) is 0 Å². The van der Waals surface area contributed by atoms with E-state index in [0.717, 1.165) is 22.7 Å². The number of phenols is 4. The molecule has 7 rings (SSSR count). The van der Waals surface area contributed by atoms with Gasteiger partial charge in [-0.3, -0.25) is 0 Å². The molecule has 1 aliphatic carbocycles. The number of anilines is 6. The van der Waals surface area contributed by atoms with Crippen molar-refractivity contribution in [2.75, 3.05) is 9.80 Å². The van der Waals surface area contributed by atoms with Gasteiger partial charge in [0.1, 0.15) is 23.0 Å². The van der Waals surface area contributed by atoms with Crippen molar-refractivity contribution in [2.45, 2.75) is 24.0 Å². The van der Waals surface area contributed by atoms with Crippen LogP contribution in [0.3, 0.4) is 0 Å². The number of para-hydroxylation sites is 4. The van der Waals surface area contributed by atoms with Gasteiger partial charge in [-0.05, 0) is 48.5 Å². The van der Waals surface area contributed by atoms with Crippen LogP contribution in [0.4, 0.5) is 34.1 Å². The van der Waals surface area contributed by atoms with Gasteiger partial charge in [-0.25, -0.2) is 0 Å². The molecule has 0 saturated heterocycles. The summed E-state index contributed by atoms with van der Waals surface area (Å²) in [7, 11) is 0. The van der Waals surface area contributed by atoms with Gasteiger partial charge in [-0.2, -0.15) is 0 Å². The summed E-state index contributed by atoms with van der Waals surface area (Å²) in [6.07, 6.45) is -2.69. The van der Waals surface area contributed by atoms with Crippen LogP contribution >= 0.6 is 0 Å². The van der Waals surface area contributed by atoms with Crippen molar-refractivity contribution in [1.29, 1.82) is 0 Å². The Morgan fingerprint density at radius 2 is 0.562 bits per heavy atom. The van der Waals surface area contributed by atoms with Gasteiger partial charge in [-0.15, -0.1) is 0 Å². The maximum atomic E-state index is 11.4. The molecule has 0 aliphatic heterocycles. The minimum absolute atomic E-state index is 0.0222. The number of nitrogens with zero attached hydrogens (tertiary/aromatic N) is 2. The lowest BCUT2D eigenvalue weighted by Gasteiger charge is -2.47. The number of phenolic OH excluding ortho intramolecular Hbond substituents is 4. The molecule has 1 aliphatic rings. The smallest absolute Gasteiger partial charge is 0.125 e. The molecular weight excluding hydrogens is 604 g/mol. The lowest BCUT2D eigenvalue weighted by molar-refractivity contribution is -0.0810. The quantitative estimate of drug-likeness (QED) is 0.0989. The summed E-state index contributed by atoms with van der Waals surface area (Å²) in [5, 5.41) is 67.8. The Bertz CT molecular complexity index is 1740. The summed E-state index contributed by atoms with van der Waals surface area (Å²) in [5.41, 5.74) is 4.09. The van der Waals surface area contributed by atoms with E-state index in [0.29, 0.717) is 11.4 Å². The van der Waals surface area contributed by atoms with Crippen LogP contribution < -0.4 is 9.80 Å². The summed E-state index contributed by atoms with van der Waals surface area (Å²) in [6.45, 7) is 0. The normalized spacial score (nSPS) is 18.5. The SMILES string of the molecule is Oc1cc(N(c2ccccc2)c2ccccc2)cc(O)c1C1C(O)C(c2c(O)cc(N(c3ccccc3)c3ccccc3)cc2O)C1O. The van der Waals surface area contributed by atoms with Crippen molar-refractivity contribution >= 4 is 34.1 Å². The van der Waals surface area contributed by atoms with Crippen LogP contribution in [-0.2, 0) is 0 Å². The Kier molecular flexibility index (Phi) is 8.10. The average Bonchev–Trinajstić information content (AvgIpc) is 3.10. The summed E-state index contributed by atoms with van der Waals surface area (Å²) in [4.78, 5) is 3.73. The molecule has 0 bridgehead atoms. The number of rotatable bonds is 8. The Morgan fingerprint density at radius 1 is 0.333 bits per heavy atom.